The van der Waals surface area contributed by atoms with E-state index >= 15 is 0 Å². The van der Waals surface area contributed by atoms with Gasteiger partial charge in [0.25, 0.3) is 0 Å². The van der Waals surface area contributed by atoms with Crippen molar-refractivity contribution in [3.8, 4) is 0 Å². The van der Waals surface area contributed by atoms with Gasteiger partial charge in [0.15, 0.2) is 0 Å². The van der Waals surface area contributed by atoms with Gasteiger partial charge in [0.1, 0.15) is 11.4 Å². The van der Waals surface area contributed by atoms with Crippen LogP contribution in [-0.2, 0) is 15.1 Å². The van der Waals surface area contributed by atoms with Gasteiger partial charge in [-0.2, -0.15) is 0 Å². The van der Waals surface area contributed by atoms with Crippen molar-refractivity contribution in [1.82, 2.24) is 9.80 Å². The highest BCUT2D eigenvalue weighted by Gasteiger charge is 2.73. The van der Waals surface area contributed by atoms with Crippen molar-refractivity contribution in [2.75, 3.05) is 52.5 Å². The number of rotatable bonds is 9. The van der Waals surface area contributed by atoms with E-state index in [0.29, 0.717) is 30.0 Å². The maximum Gasteiger partial charge on any atom is 0.136 e. The normalized spacial score (nSPS) is 45.0. The van der Waals surface area contributed by atoms with E-state index in [0.717, 1.165) is 57.1 Å². The molecular formula is C35H56N2O4. The van der Waals surface area contributed by atoms with E-state index in [4.69, 9.17) is 13.9 Å². The first-order valence-electron chi connectivity index (χ1n) is 17.3. The molecule has 2 aliphatic heterocycles. The third-order valence-electron chi connectivity index (χ3n) is 13.8. The van der Waals surface area contributed by atoms with E-state index in [-0.39, 0.29) is 5.41 Å². The van der Waals surface area contributed by atoms with Crippen LogP contribution in [0.2, 0.25) is 0 Å². The Morgan fingerprint density at radius 1 is 0.854 bits per heavy atom. The standard InChI is InChI=1S/C35H56N2O4/c1-32-13-11-28(39-24-21-36-17-3-4-18-36)26-27(32)9-10-30-29(32)12-14-33(2)34(30,38)15-16-35(33,31-8-7-23-40-31)41-25-22-37-19-5-6-20-37/h7-8,23,27-30,38H,3-6,9-22,24-26H2,1-2H3/t27-,28-,29-,30+,32-,33-,34-,35-/m0/s1. The predicted octanol–water partition coefficient (Wildman–Crippen LogP) is 6.23. The molecule has 2 saturated heterocycles. The van der Waals surface area contributed by atoms with Gasteiger partial charge in [0.05, 0.1) is 31.2 Å². The Balaban J connectivity index is 1.06. The van der Waals surface area contributed by atoms with Gasteiger partial charge in [-0.3, -0.25) is 0 Å². The van der Waals surface area contributed by atoms with E-state index < -0.39 is 11.2 Å². The number of likely N-dealkylation sites (tertiary alicyclic amines) is 2. The van der Waals surface area contributed by atoms with E-state index in [1.165, 1.54) is 84.0 Å². The van der Waals surface area contributed by atoms with Crippen LogP contribution in [-0.4, -0.2) is 79.1 Å². The fraction of sp³-hybridized carbons (Fsp3) is 0.886. The Morgan fingerprint density at radius 2 is 1.59 bits per heavy atom. The Kier molecular flexibility index (Phi) is 7.89. The molecule has 1 aromatic rings. The lowest BCUT2D eigenvalue weighted by Crippen LogP contribution is -2.65. The highest BCUT2D eigenvalue weighted by atomic mass is 16.5. The van der Waals surface area contributed by atoms with Gasteiger partial charge in [-0.05, 0) is 145 Å². The second-order valence-electron chi connectivity index (χ2n) is 15.3. The second-order valence-corrected chi connectivity index (χ2v) is 15.3. The molecule has 0 amide bonds. The number of nitrogens with zero attached hydrogens (tertiary/aromatic N) is 2. The monoisotopic (exact) mass is 568 g/mol. The molecule has 0 bridgehead atoms. The van der Waals surface area contributed by atoms with Crippen LogP contribution in [0.3, 0.4) is 0 Å². The minimum atomic E-state index is -0.715. The molecule has 230 valence electrons. The summed E-state index contributed by atoms with van der Waals surface area (Å²) in [6.45, 7) is 13.5. The second kappa shape index (κ2) is 11.2. The van der Waals surface area contributed by atoms with E-state index in [1.54, 1.807) is 6.26 Å². The summed E-state index contributed by atoms with van der Waals surface area (Å²) in [5, 5.41) is 12.9. The number of furan rings is 1. The molecule has 6 aliphatic rings. The van der Waals surface area contributed by atoms with Gasteiger partial charge in [-0.15, -0.1) is 0 Å². The zero-order chi connectivity index (χ0) is 28.1. The number of fused-ring (bicyclic) bond motifs is 5. The summed E-state index contributed by atoms with van der Waals surface area (Å²) in [6, 6.07) is 4.12. The lowest BCUT2D eigenvalue weighted by Gasteiger charge is -2.64. The molecule has 41 heavy (non-hydrogen) atoms. The summed E-state index contributed by atoms with van der Waals surface area (Å²) in [5.74, 6) is 2.58. The number of ether oxygens (including phenoxy) is 2. The minimum absolute atomic E-state index is 0.307. The molecule has 0 radical (unpaired) electrons. The summed E-state index contributed by atoms with van der Waals surface area (Å²) < 4.78 is 19.7. The maximum atomic E-state index is 12.9. The molecule has 6 nitrogen and oxygen atoms in total. The van der Waals surface area contributed by atoms with E-state index in [2.05, 4.69) is 29.7 Å². The molecule has 0 aromatic carbocycles. The molecule has 4 aliphatic carbocycles. The fourth-order valence-electron chi connectivity index (χ4n) is 11.3. The first-order valence-corrected chi connectivity index (χ1v) is 17.3. The quantitative estimate of drug-likeness (QED) is 0.381. The number of hydrogen-bond donors (Lipinski definition) is 1. The first kappa shape index (κ1) is 28.8. The molecule has 0 spiro atoms. The van der Waals surface area contributed by atoms with Gasteiger partial charge < -0.3 is 28.8 Å². The Bertz CT molecular complexity index is 1020. The van der Waals surface area contributed by atoms with Crippen molar-refractivity contribution in [1.29, 1.82) is 0 Å². The molecule has 8 atom stereocenters. The summed E-state index contributed by atoms with van der Waals surface area (Å²) in [6.07, 6.45) is 17.4. The van der Waals surface area contributed by atoms with Crippen molar-refractivity contribution in [2.24, 2.45) is 28.6 Å². The SMILES string of the molecule is C[C@]12CC[C@H](OCCN3CCCC3)C[C@@H]1CC[C@@H]1[C@@H]2CC[C@]2(C)[C@@](OCCN3CCCC3)(c3ccco3)CC[C@]12O. The molecule has 1 N–H and O–H groups in total. The lowest BCUT2D eigenvalue weighted by molar-refractivity contribution is -0.253. The zero-order valence-electron chi connectivity index (χ0n) is 26.0. The van der Waals surface area contributed by atoms with Crippen LogP contribution in [0.15, 0.2) is 22.8 Å². The van der Waals surface area contributed by atoms with Crippen LogP contribution < -0.4 is 0 Å². The van der Waals surface area contributed by atoms with Crippen molar-refractivity contribution < 1.29 is 19.0 Å². The van der Waals surface area contributed by atoms with Crippen LogP contribution >= 0.6 is 0 Å². The Labute approximate surface area is 248 Å². The highest BCUT2D eigenvalue weighted by molar-refractivity contribution is 5.28. The molecular weight excluding hydrogens is 512 g/mol. The van der Waals surface area contributed by atoms with E-state index in [1.807, 2.05) is 6.07 Å². The van der Waals surface area contributed by atoms with Gasteiger partial charge in [0, 0.05) is 18.5 Å². The van der Waals surface area contributed by atoms with Crippen LogP contribution in [0, 0.1) is 28.6 Å². The smallest absolute Gasteiger partial charge is 0.136 e. The van der Waals surface area contributed by atoms with Gasteiger partial charge >= 0.3 is 0 Å². The predicted molar refractivity (Wildman–Crippen MR) is 161 cm³/mol. The Morgan fingerprint density at radius 3 is 2.29 bits per heavy atom. The van der Waals surface area contributed by atoms with Crippen LogP contribution in [0.1, 0.15) is 103 Å². The minimum Gasteiger partial charge on any atom is -0.466 e. The molecule has 1 aromatic heterocycles. The van der Waals surface area contributed by atoms with Crippen LogP contribution in [0.4, 0.5) is 0 Å². The summed E-state index contributed by atoms with van der Waals surface area (Å²) >= 11 is 0. The maximum absolute atomic E-state index is 12.9. The first-order chi connectivity index (χ1) is 19.9. The molecule has 6 heteroatoms. The molecule has 3 heterocycles. The van der Waals surface area contributed by atoms with Gasteiger partial charge in [-0.25, -0.2) is 0 Å². The summed E-state index contributed by atoms with van der Waals surface area (Å²) in [5.41, 5.74) is -1.30. The highest BCUT2D eigenvalue weighted by Crippen LogP contribution is 2.72. The van der Waals surface area contributed by atoms with Crippen molar-refractivity contribution >= 4 is 0 Å². The van der Waals surface area contributed by atoms with Crippen LogP contribution in [0.25, 0.3) is 0 Å². The van der Waals surface area contributed by atoms with Crippen molar-refractivity contribution in [3.63, 3.8) is 0 Å². The van der Waals surface area contributed by atoms with Gasteiger partial charge in [-0.1, -0.05) is 13.8 Å². The molecule has 6 fully saturated rings. The lowest BCUT2D eigenvalue weighted by atomic mass is 9.43. The summed E-state index contributed by atoms with van der Waals surface area (Å²) in [7, 11) is 0. The number of aliphatic hydroxyl groups is 1. The third-order valence-corrected chi connectivity index (χ3v) is 13.8. The average molecular weight is 569 g/mol. The van der Waals surface area contributed by atoms with Crippen LogP contribution in [0.5, 0.6) is 0 Å². The molecule has 7 rings (SSSR count). The summed E-state index contributed by atoms with van der Waals surface area (Å²) in [4.78, 5) is 5.10. The fourth-order valence-corrected chi connectivity index (χ4v) is 11.3. The van der Waals surface area contributed by atoms with E-state index in [9.17, 15) is 5.11 Å². The average Bonchev–Trinajstić information content (AvgIpc) is 3.79. The third kappa shape index (κ3) is 4.69. The van der Waals surface area contributed by atoms with Crippen molar-refractivity contribution in [2.45, 2.75) is 115 Å². The topological polar surface area (TPSA) is 58.3 Å². The molecule has 4 saturated carbocycles. The van der Waals surface area contributed by atoms with Crippen molar-refractivity contribution in [3.05, 3.63) is 24.2 Å². The largest absolute Gasteiger partial charge is 0.466 e. The van der Waals surface area contributed by atoms with Gasteiger partial charge in [0.2, 0.25) is 0 Å². The zero-order valence-corrected chi connectivity index (χ0v) is 26.0. The molecule has 0 unspecified atom stereocenters. The number of hydrogen-bond acceptors (Lipinski definition) is 6. The Hall–Kier alpha value is -0.920.